The van der Waals surface area contributed by atoms with E-state index in [0.717, 1.165) is 4.47 Å². The van der Waals surface area contributed by atoms with E-state index in [9.17, 15) is 14.4 Å². The monoisotopic (exact) mass is 489 g/mol. The maximum absolute atomic E-state index is 12.4. The van der Waals surface area contributed by atoms with E-state index in [-0.39, 0.29) is 36.6 Å². The van der Waals surface area contributed by atoms with Crippen molar-refractivity contribution in [2.75, 3.05) is 18.4 Å². The van der Waals surface area contributed by atoms with Gasteiger partial charge in [-0.3, -0.25) is 14.4 Å². The van der Waals surface area contributed by atoms with Crippen molar-refractivity contribution in [1.29, 1.82) is 0 Å². The van der Waals surface area contributed by atoms with Crippen molar-refractivity contribution in [3.05, 3.63) is 87.2 Å². The Labute approximate surface area is 185 Å². The number of carbonyl (C=O) groups is 3. The molecular formula is C21H17BrClN3O4. The quantitative estimate of drug-likeness (QED) is 0.434. The zero-order valence-electron chi connectivity index (χ0n) is 15.6. The SMILES string of the molecule is O=C(NCCNC(=O)c1ccco1)c1ccc(NC(=O)c2cc(Br)ccc2Cl)cc1. The number of hydrogen-bond acceptors (Lipinski definition) is 4. The molecule has 7 nitrogen and oxygen atoms in total. The average molecular weight is 491 g/mol. The molecule has 0 aliphatic rings. The van der Waals surface area contributed by atoms with Gasteiger partial charge in [-0.15, -0.1) is 0 Å². The highest BCUT2D eigenvalue weighted by molar-refractivity contribution is 9.10. The molecule has 0 saturated carbocycles. The molecule has 0 atom stereocenters. The molecule has 9 heteroatoms. The Hall–Kier alpha value is -3.10. The molecule has 3 rings (SSSR count). The number of amides is 3. The first-order chi connectivity index (χ1) is 14.4. The molecule has 3 N–H and O–H groups in total. The van der Waals surface area contributed by atoms with Gasteiger partial charge in [-0.25, -0.2) is 0 Å². The fourth-order valence-corrected chi connectivity index (χ4v) is 3.09. The molecule has 1 heterocycles. The van der Waals surface area contributed by atoms with E-state index in [1.54, 1.807) is 54.6 Å². The second-order valence-corrected chi connectivity index (χ2v) is 7.47. The van der Waals surface area contributed by atoms with Gasteiger partial charge in [-0.2, -0.15) is 0 Å². The Morgan fingerprint density at radius 2 is 1.60 bits per heavy atom. The summed E-state index contributed by atoms with van der Waals surface area (Å²) in [7, 11) is 0. The molecule has 30 heavy (non-hydrogen) atoms. The Morgan fingerprint density at radius 3 is 2.27 bits per heavy atom. The van der Waals surface area contributed by atoms with Gasteiger partial charge < -0.3 is 20.4 Å². The zero-order valence-corrected chi connectivity index (χ0v) is 17.9. The fraction of sp³-hybridized carbons (Fsp3) is 0.0952. The van der Waals surface area contributed by atoms with Crippen molar-refractivity contribution in [3.8, 4) is 0 Å². The lowest BCUT2D eigenvalue weighted by Gasteiger charge is -2.09. The number of rotatable bonds is 7. The van der Waals surface area contributed by atoms with Crippen LogP contribution in [0.1, 0.15) is 31.3 Å². The van der Waals surface area contributed by atoms with Gasteiger partial charge in [0.1, 0.15) is 0 Å². The molecule has 0 fully saturated rings. The Bertz CT molecular complexity index is 1050. The molecule has 0 radical (unpaired) electrons. The van der Waals surface area contributed by atoms with Crippen molar-refractivity contribution in [3.63, 3.8) is 0 Å². The molecule has 0 unspecified atom stereocenters. The van der Waals surface area contributed by atoms with Crippen LogP contribution in [-0.2, 0) is 0 Å². The van der Waals surface area contributed by atoms with E-state index < -0.39 is 0 Å². The third-order valence-corrected chi connectivity index (χ3v) is 4.84. The minimum atomic E-state index is -0.356. The number of anilines is 1. The number of benzene rings is 2. The maximum atomic E-state index is 12.4. The van der Waals surface area contributed by atoms with Crippen LogP contribution < -0.4 is 16.0 Å². The molecule has 2 aromatic carbocycles. The fourth-order valence-electron chi connectivity index (χ4n) is 2.52. The highest BCUT2D eigenvalue weighted by Gasteiger charge is 2.12. The molecule has 1 aromatic heterocycles. The number of carbonyl (C=O) groups excluding carboxylic acids is 3. The van der Waals surface area contributed by atoms with Crippen LogP contribution in [0.5, 0.6) is 0 Å². The normalized spacial score (nSPS) is 10.3. The molecular weight excluding hydrogens is 474 g/mol. The van der Waals surface area contributed by atoms with E-state index in [1.165, 1.54) is 6.26 Å². The third kappa shape index (κ3) is 5.71. The summed E-state index contributed by atoms with van der Waals surface area (Å²) >= 11 is 9.38. The molecule has 0 aliphatic carbocycles. The molecule has 3 aromatic rings. The first kappa shape index (κ1) is 21.6. The summed E-state index contributed by atoms with van der Waals surface area (Å²) in [5, 5.41) is 8.42. The summed E-state index contributed by atoms with van der Waals surface area (Å²) < 4.78 is 5.72. The summed E-state index contributed by atoms with van der Waals surface area (Å²) in [6, 6.07) is 14.6. The minimum Gasteiger partial charge on any atom is -0.459 e. The second kappa shape index (κ2) is 10.1. The molecule has 0 bridgehead atoms. The predicted octanol–water partition coefficient (Wildman–Crippen LogP) is 4.11. The molecule has 0 spiro atoms. The van der Waals surface area contributed by atoms with Gasteiger partial charge in [-0.1, -0.05) is 27.5 Å². The molecule has 154 valence electrons. The standard InChI is InChI=1S/C21H17BrClN3O4/c22-14-5-8-17(23)16(12-14)20(28)26-15-6-3-13(4-7-15)19(27)24-9-10-25-21(29)18-2-1-11-30-18/h1-8,11-12H,9-10H2,(H,24,27)(H,25,29)(H,26,28). The summed E-state index contributed by atoms with van der Waals surface area (Å²) in [5.41, 5.74) is 1.29. The molecule has 0 aliphatic heterocycles. The Morgan fingerprint density at radius 1 is 0.900 bits per heavy atom. The van der Waals surface area contributed by atoms with Crippen LogP contribution in [0.15, 0.2) is 69.8 Å². The number of halogens is 2. The summed E-state index contributed by atoms with van der Waals surface area (Å²) in [4.78, 5) is 36.3. The van der Waals surface area contributed by atoms with Gasteiger partial charge in [0.05, 0.1) is 16.8 Å². The lowest BCUT2D eigenvalue weighted by Crippen LogP contribution is -2.34. The lowest BCUT2D eigenvalue weighted by atomic mass is 10.1. The number of furan rings is 1. The Kier molecular flexibility index (Phi) is 7.26. The highest BCUT2D eigenvalue weighted by Crippen LogP contribution is 2.22. The summed E-state index contributed by atoms with van der Waals surface area (Å²) in [5.74, 6) is -0.788. The van der Waals surface area contributed by atoms with Crippen molar-refractivity contribution < 1.29 is 18.8 Å². The van der Waals surface area contributed by atoms with Crippen molar-refractivity contribution in [2.24, 2.45) is 0 Å². The number of nitrogens with one attached hydrogen (secondary N) is 3. The lowest BCUT2D eigenvalue weighted by molar-refractivity contribution is 0.0910. The first-order valence-electron chi connectivity index (χ1n) is 8.90. The van der Waals surface area contributed by atoms with Crippen LogP contribution in [-0.4, -0.2) is 30.8 Å². The zero-order chi connectivity index (χ0) is 21.5. The van der Waals surface area contributed by atoms with Gasteiger partial charge in [0.2, 0.25) is 0 Å². The third-order valence-electron chi connectivity index (χ3n) is 4.02. The van der Waals surface area contributed by atoms with Gasteiger partial charge in [0.25, 0.3) is 17.7 Å². The van der Waals surface area contributed by atoms with Crippen LogP contribution >= 0.6 is 27.5 Å². The van der Waals surface area contributed by atoms with E-state index in [1.807, 2.05) is 0 Å². The van der Waals surface area contributed by atoms with Gasteiger partial charge in [0, 0.05) is 28.8 Å². The van der Waals surface area contributed by atoms with Crippen LogP contribution in [0.3, 0.4) is 0 Å². The second-order valence-electron chi connectivity index (χ2n) is 6.14. The van der Waals surface area contributed by atoms with Crippen molar-refractivity contribution in [2.45, 2.75) is 0 Å². The smallest absolute Gasteiger partial charge is 0.287 e. The van der Waals surface area contributed by atoms with Crippen LogP contribution in [0.2, 0.25) is 5.02 Å². The van der Waals surface area contributed by atoms with E-state index in [2.05, 4.69) is 31.9 Å². The van der Waals surface area contributed by atoms with Crippen molar-refractivity contribution >= 4 is 50.9 Å². The van der Waals surface area contributed by atoms with Crippen LogP contribution in [0.25, 0.3) is 0 Å². The maximum Gasteiger partial charge on any atom is 0.287 e. The van der Waals surface area contributed by atoms with Crippen LogP contribution in [0, 0.1) is 0 Å². The summed E-state index contributed by atoms with van der Waals surface area (Å²) in [6.07, 6.45) is 1.41. The Balaban J connectivity index is 1.48. The van der Waals surface area contributed by atoms with E-state index in [4.69, 9.17) is 16.0 Å². The van der Waals surface area contributed by atoms with Gasteiger partial charge in [0.15, 0.2) is 5.76 Å². The number of hydrogen-bond donors (Lipinski definition) is 3. The van der Waals surface area contributed by atoms with E-state index in [0.29, 0.717) is 21.8 Å². The topological polar surface area (TPSA) is 100 Å². The average Bonchev–Trinajstić information content (AvgIpc) is 3.28. The molecule has 0 saturated heterocycles. The van der Waals surface area contributed by atoms with Crippen LogP contribution in [0.4, 0.5) is 5.69 Å². The van der Waals surface area contributed by atoms with E-state index >= 15 is 0 Å². The first-order valence-corrected chi connectivity index (χ1v) is 10.1. The van der Waals surface area contributed by atoms with Crippen molar-refractivity contribution in [1.82, 2.24) is 10.6 Å². The largest absolute Gasteiger partial charge is 0.459 e. The minimum absolute atomic E-state index is 0.211. The van der Waals surface area contributed by atoms with Gasteiger partial charge >= 0.3 is 0 Å². The summed E-state index contributed by atoms with van der Waals surface area (Å²) in [6.45, 7) is 0.512. The molecule has 3 amide bonds. The predicted molar refractivity (Wildman–Crippen MR) is 117 cm³/mol. The van der Waals surface area contributed by atoms with Gasteiger partial charge in [-0.05, 0) is 54.6 Å². The highest BCUT2D eigenvalue weighted by atomic mass is 79.9.